The van der Waals surface area contributed by atoms with Crippen molar-refractivity contribution in [3.63, 3.8) is 0 Å². The molecule has 3 heterocycles. The molecule has 0 fully saturated rings. The Morgan fingerprint density at radius 3 is 2.57 bits per heavy atom. The number of nitrogens with two attached hydrogens (primary N) is 1. The molecule has 10 nitrogen and oxygen atoms in total. The number of aromatic nitrogens is 5. The third kappa shape index (κ3) is 4.30. The predicted molar refractivity (Wildman–Crippen MR) is 141 cm³/mol. The molecule has 5 rings (SSSR count). The Kier molecular flexibility index (Phi) is 5.95. The average molecular weight is 491 g/mol. The quantitative estimate of drug-likeness (QED) is 0.382. The Balaban J connectivity index is 1.76. The maximum absolute atomic E-state index is 14.1. The lowest BCUT2D eigenvalue weighted by atomic mass is 10.0. The van der Waals surface area contributed by atoms with Crippen LogP contribution >= 0.6 is 0 Å². The molecular formula is C27H22N8O2. The number of nitriles is 1. The van der Waals surface area contributed by atoms with Gasteiger partial charge in [-0.05, 0) is 42.3 Å². The van der Waals surface area contributed by atoms with E-state index in [1.807, 2.05) is 43.3 Å². The van der Waals surface area contributed by atoms with E-state index in [1.54, 1.807) is 37.5 Å². The van der Waals surface area contributed by atoms with E-state index in [0.717, 1.165) is 0 Å². The lowest BCUT2D eigenvalue weighted by Gasteiger charge is -2.21. The topological polar surface area (TPSA) is 145 Å². The molecule has 0 aliphatic carbocycles. The van der Waals surface area contributed by atoms with Crippen molar-refractivity contribution in [2.24, 2.45) is 7.05 Å². The van der Waals surface area contributed by atoms with E-state index in [0.29, 0.717) is 33.5 Å². The Bertz CT molecular complexity index is 1800. The van der Waals surface area contributed by atoms with Crippen molar-refractivity contribution in [1.29, 1.82) is 5.26 Å². The van der Waals surface area contributed by atoms with Crippen LogP contribution < -0.4 is 22.2 Å². The van der Waals surface area contributed by atoms with Crippen LogP contribution in [0.4, 0.5) is 11.8 Å². The van der Waals surface area contributed by atoms with Gasteiger partial charge >= 0.3 is 0 Å². The molecule has 3 aromatic heterocycles. The predicted octanol–water partition coefficient (Wildman–Crippen LogP) is 3.17. The van der Waals surface area contributed by atoms with Crippen molar-refractivity contribution in [1.82, 2.24) is 24.1 Å². The van der Waals surface area contributed by atoms with Crippen LogP contribution in [-0.2, 0) is 7.05 Å². The van der Waals surface area contributed by atoms with Gasteiger partial charge in [-0.3, -0.25) is 14.2 Å². The highest BCUT2D eigenvalue weighted by atomic mass is 16.1. The minimum absolute atomic E-state index is 0.0132. The van der Waals surface area contributed by atoms with Gasteiger partial charge in [0.25, 0.3) is 11.1 Å². The Hall–Kier alpha value is -5.30. The van der Waals surface area contributed by atoms with E-state index in [-0.39, 0.29) is 28.4 Å². The molecule has 0 bridgehead atoms. The molecule has 3 N–H and O–H groups in total. The summed E-state index contributed by atoms with van der Waals surface area (Å²) < 4.78 is 3.00. The summed E-state index contributed by atoms with van der Waals surface area (Å²) in [7, 11) is 1.67. The highest BCUT2D eigenvalue weighted by Gasteiger charge is 2.21. The summed E-state index contributed by atoms with van der Waals surface area (Å²) in [6.07, 6.45) is 3.01. The minimum atomic E-state index is -0.550. The first-order valence-corrected chi connectivity index (χ1v) is 11.4. The van der Waals surface area contributed by atoms with E-state index < -0.39 is 6.04 Å². The smallest absolute Gasteiger partial charge is 0.266 e. The summed E-state index contributed by atoms with van der Waals surface area (Å²) in [6.45, 7) is 1.82. The molecule has 0 saturated carbocycles. The number of nitrogen functional groups attached to an aromatic ring is 1. The molecule has 1 unspecified atom stereocenters. The lowest BCUT2D eigenvalue weighted by Crippen LogP contribution is -2.28. The summed E-state index contributed by atoms with van der Waals surface area (Å²) in [5.41, 5.74) is 7.81. The molecule has 182 valence electrons. The van der Waals surface area contributed by atoms with Crippen molar-refractivity contribution in [3.8, 4) is 22.9 Å². The van der Waals surface area contributed by atoms with E-state index in [1.165, 1.54) is 21.4 Å². The van der Waals surface area contributed by atoms with Gasteiger partial charge in [0.1, 0.15) is 23.3 Å². The fraction of sp³-hybridized carbons (Fsp3) is 0.111. The second-order valence-corrected chi connectivity index (χ2v) is 8.48. The summed E-state index contributed by atoms with van der Waals surface area (Å²) in [5.74, 6) is 0.663. The van der Waals surface area contributed by atoms with Crippen molar-refractivity contribution < 1.29 is 0 Å². The molecule has 0 spiro atoms. The number of aryl methyl sites for hydroxylation is 1. The van der Waals surface area contributed by atoms with Crippen molar-refractivity contribution >= 4 is 22.7 Å². The Labute approximate surface area is 211 Å². The number of benzene rings is 2. The van der Waals surface area contributed by atoms with Gasteiger partial charge in [-0.2, -0.15) is 10.2 Å². The molecule has 1 atom stereocenters. The summed E-state index contributed by atoms with van der Waals surface area (Å²) in [5, 5.41) is 13.0. The summed E-state index contributed by atoms with van der Waals surface area (Å²) in [4.78, 5) is 39.4. The Morgan fingerprint density at radius 1 is 1.05 bits per heavy atom. The third-order valence-electron chi connectivity index (χ3n) is 6.02. The standard InChI is InChI=1S/C27H22N8O2/c1-16(31-24-18(14-28)15-30-27(29)33-24)25-32-21-10-6-9-20(17-11-12-34(2)22(36)13-17)23(21)26(37)35(25)19-7-4-3-5-8-19/h3-13,15-16H,1-2H3,(H3,29,30,31,33). The molecule has 0 aliphatic rings. The van der Waals surface area contributed by atoms with Crippen molar-refractivity contribution in [3.05, 3.63) is 105 Å². The largest absolute Gasteiger partial charge is 0.368 e. The molecule has 5 aromatic rings. The molecule has 0 aliphatic heterocycles. The lowest BCUT2D eigenvalue weighted by molar-refractivity contribution is 0.730. The van der Waals surface area contributed by atoms with Crippen molar-refractivity contribution in [2.45, 2.75) is 13.0 Å². The molecule has 10 heteroatoms. The number of rotatable bonds is 5. The third-order valence-corrected chi connectivity index (χ3v) is 6.02. The zero-order chi connectivity index (χ0) is 26.1. The van der Waals surface area contributed by atoms with Gasteiger partial charge in [-0.25, -0.2) is 9.97 Å². The normalized spacial score (nSPS) is 11.7. The first kappa shape index (κ1) is 23.4. The van der Waals surface area contributed by atoms with Crippen LogP contribution in [0.25, 0.3) is 27.7 Å². The Morgan fingerprint density at radius 2 is 1.84 bits per heavy atom. The van der Waals surface area contributed by atoms with E-state index >= 15 is 0 Å². The number of pyridine rings is 1. The van der Waals surface area contributed by atoms with Crippen LogP contribution in [0.1, 0.15) is 24.4 Å². The second-order valence-electron chi connectivity index (χ2n) is 8.48. The van der Waals surface area contributed by atoms with Crippen molar-refractivity contribution in [2.75, 3.05) is 11.1 Å². The first-order valence-electron chi connectivity index (χ1n) is 11.4. The number of nitrogens with one attached hydrogen (secondary N) is 1. The van der Waals surface area contributed by atoms with Crippen LogP contribution in [0.3, 0.4) is 0 Å². The zero-order valence-electron chi connectivity index (χ0n) is 20.1. The van der Waals surface area contributed by atoms with Gasteiger partial charge < -0.3 is 15.6 Å². The maximum Gasteiger partial charge on any atom is 0.266 e. The van der Waals surface area contributed by atoms with Crippen LogP contribution in [0.15, 0.2) is 82.6 Å². The highest BCUT2D eigenvalue weighted by Crippen LogP contribution is 2.28. The summed E-state index contributed by atoms with van der Waals surface area (Å²) in [6, 6.07) is 19.3. The first-order chi connectivity index (χ1) is 17.9. The van der Waals surface area contributed by atoms with Crippen LogP contribution in [0.5, 0.6) is 0 Å². The van der Waals surface area contributed by atoms with Gasteiger partial charge in [-0.15, -0.1) is 0 Å². The molecular weight excluding hydrogens is 468 g/mol. The minimum Gasteiger partial charge on any atom is -0.368 e. The maximum atomic E-state index is 14.1. The zero-order valence-corrected chi connectivity index (χ0v) is 20.1. The van der Waals surface area contributed by atoms with Crippen LogP contribution in [0.2, 0.25) is 0 Å². The van der Waals surface area contributed by atoms with Gasteiger partial charge in [0.05, 0.1) is 28.8 Å². The number of anilines is 2. The SMILES string of the molecule is CC(Nc1nc(N)ncc1C#N)c1nc2cccc(-c3ccn(C)c(=O)c3)c2c(=O)n1-c1ccccc1. The number of nitrogens with zero attached hydrogens (tertiary/aromatic N) is 6. The van der Waals surface area contributed by atoms with Crippen LogP contribution in [0, 0.1) is 11.3 Å². The number of hydrogen-bond acceptors (Lipinski definition) is 8. The van der Waals surface area contributed by atoms with E-state index in [2.05, 4.69) is 15.3 Å². The second kappa shape index (κ2) is 9.39. The van der Waals surface area contributed by atoms with Crippen LogP contribution in [-0.4, -0.2) is 24.1 Å². The van der Waals surface area contributed by atoms with Gasteiger partial charge in [0.2, 0.25) is 5.95 Å². The molecule has 0 saturated heterocycles. The fourth-order valence-electron chi connectivity index (χ4n) is 4.18. The number of fused-ring (bicyclic) bond motifs is 1. The molecule has 0 radical (unpaired) electrons. The molecule has 37 heavy (non-hydrogen) atoms. The highest BCUT2D eigenvalue weighted by molar-refractivity contribution is 5.94. The molecule has 2 aromatic carbocycles. The molecule has 0 amide bonds. The van der Waals surface area contributed by atoms with Gasteiger partial charge in [0, 0.05) is 19.3 Å². The van der Waals surface area contributed by atoms with E-state index in [4.69, 9.17) is 10.7 Å². The van der Waals surface area contributed by atoms with Gasteiger partial charge in [0.15, 0.2) is 0 Å². The fourth-order valence-corrected chi connectivity index (χ4v) is 4.18. The summed E-state index contributed by atoms with van der Waals surface area (Å²) >= 11 is 0. The average Bonchev–Trinajstić information content (AvgIpc) is 2.90. The van der Waals surface area contributed by atoms with E-state index in [9.17, 15) is 14.9 Å². The number of para-hydroxylation sites is 1. The van der Waals surface area contributed by atoms with Gasteiger partial charge in [-0.1, -0.05) is 30.3 Å². The number of hydrogen-bond donors (Lipinski definition) is 2. The monoisotopic (exact) mass is 490 g/mol.